The summed E-state index contributed by atoms with van der Waals surface area (Å²) in [6, 6.07) is 16.1. The quantitative estimate of drug-likeness (QED) is 0.659. The van der Waals surface area contributed by atoms with E-state index in [1.807, 2.05) is 32.0 Å². The maximum Gasteiger partial charge on any atom is 0.344 e. The number of carbonyl (C=O) groups is 2. The molecule has 2 aromatic carbocycles. The number of carbonyl (C=O) groups excluding carboxylic acids is 2. The second kappa shape index (κ2) is 8.14. The van der Waals surface area contributed by atoms with Gasteiger partial charge in [0.05, 0.1) is 5.56 Å². The second-order valence-corrected chi connectivity index (χ2v) is 7.92. The molecule has 1 unspecified atom stereocenters. The summed E-state index contributed by atoms with van der Waals surface area (Å²) in [4.78, 5) is 39.0. The van der Waals surface area contributed by atoms with Crippen molar-refractivity contribution in [2.45, 2.75) is 38.8 Å². The van der Waals surface area contributed by atoms with Gasteiger partial charge in [-0.3, -0.25) is 9.59 Å². The molecule has 6 heteroatoms. The standard InChI is InChI=1S/C24H24N2O4/c1-15(2)26(14-19-10-11-22(27)25-19)23(28)18-8-5-7-16(12-18)20-13-17-6-3-4-9-21(17)30-24(20)29/h3-9,12-13,15,19H,10-11,14H2,1-2H3,(H,25,27). The van der Waals surface area contributed by atoms with Crippen molar-refractivity contribution in [3.8, 4) is 11.1 Å². The summed E-state index contributed by atoms with van der Waals surface area (Å²) >= 11 is 0. The molecule has 1 atom stereocenters. The van der Waals surface area contributed by atoms with Crippen LogP contribution in [0.2, 0.25) is 0 Å². The molecule has 0 bridgehead atoms. The Labute approximate surface area is 174 Å². The maximum absolute atomic E-state index is 13.2. The average molecular weight is 404 g/mol. The van der Waals surface area contributed by atoms with E-state index in [2.05, 4.69) is 5.32 Å². The van der Waals surface area contributed by atoms with Gasteiger partial charge in [0.2, 0.25) is 5.91 Å². The first kappa shape index (κ1) is 19.9. The zero-order valence-electron chi connectivity index (χ0n) is 17.1. The van der Waals surface area contributed by atoms with Crippen LogP contribution in [0.4, 0.5) is 0 Å². The minimum absolute atomic E-state index is 0.0237. The zero-order chi connectivity index (χ0) is 21.3. The molecule has 1 aromatic heterocycles. The Morgan fingerprint density at radius 3 is 2.67 bits per heavy atom. The van der Waals surface area contributed by atoms with E-state index >= 15 is 0 Å². The Hall–Kier alpha value is -3.41. The molecule has 154 valence electrons. The first-order chi connectivity index (χ1) is 14.4. The lowest BCUT2D eigenvalue weighted by Gasteiger charge is -2.29. The SMILES string of the molecule is CC(C)N(CC1CCC(=O)N1)C(=O)c1cccc(-c2cc3ccccc3oc2=O)c1. The first-order valence-electron chi connectivity index (χ1n) is 10.2. The van der Waals surface area contributed by atoms with Crippen LogP contribution in [-0.2, 0) is 4.79 Å². The molecule has 0 saturated carbocycles. The molecule has 0 radical (unpaired) electrons. The molecule has 3 aromatic rings. The molecule has 2 amide bonds. The zero-order valence-corrected chi connectivity index (χ0v) is 17.1. The van der Waals surface area contributed by atoms with Gasteiger partial charge in [0.1, 0.15) is 5.58 Å². The van der Waals surface area contributed by atoms with Crippen LogP contribution < -0.4 is 10.9 Å². The summed E-state index contributed by atoms with van der Waals surface area (Å²) in [5.41, 5.74) is 1.65. The number of amides is 2. The van der Waals surface area contributed by atoms with Crippen LogP contribution in [0.1, 0.15) is 37.0 Å². The number of rotatable bonds is 5. The summed E-state index contributed by atoms with van der Waals surface area (Å²) in [7, 11) is 0. The second-order valence-electron chi connectivity index (χ2n) is 7.92. The molecule has 6 nitrogen and oxygen atoms in total. The summed E-state index contributed by atoms with van der Waals surface area (Å²) in [6.45, 7) is 4.37. The number of hydrogen-bond donors (Lipinski definition) is 1. The van der Waals surface area contributed by atoms with Crippen molar-refractivity contribution in [1.82, 2.24) is 10.2 Å². The van der Waals surface area contributed by atoms with Crippen molar-refractivity contribution in [3.63, 3.8) is 0 Å². The largest absolute Gasteiger partial charge is 0.422 e. The van der Waals surface area contributed by atoms with Gasteiger partial charge in [-0.1, -0.05) is 30.3 Å². The van der Waals surface area contributed by atoms with Crippen molar-refractivity contribution < 1.29 is 14.0 Å². The molecule has 4 rings (SSSR count). The van der Waals surface area contributed by atoms with E-state index in [9.17, 15) is 14.4 Å². The Morgan fingerprint density at radius 1 is 1.13 bits per heavy atom. The van der Waals surface area contributed by atoms with E-state index in [-0.39, 0.29) is 23.9 Å². The lowest BCUT2D eigenvalue weighted by atomic mass is 10.0. The number of nitrogens with one attached hydrogen (secondary N) is 1. The summed E-state index contributed by atoms with van der Waals surface area (Å²) in [5, 5.41) is 3.74. The van der Waals surface area contributed by atoms with Crippen LogP contribution >= 0.6 is 0 Å². The smallest absolute Gasteiger partial charge is 0.344 e. The molecule has 1 fully saturated rings. The molecular weight excluding hydrogens is 380 g/mol. The van der Waals surface area contributed by atoms with Gasteiger partial charge >= 0.3 is 5.63 Å². The Balaban J connectivity index is 1.65. The number of para-hydroxylation sites is 1. The highest BCUT2D eigenvalue weighted by molar-refractivity contribution is 5.96. The van der Waals surface area contributed by atoms with E-state index in [1.165, 1.54) is 0 Å². The monoisotopic (exact) mass is 404 g/mol. The highest BCUT2D eigenvalue weighted by Crippen LogP contribution is 2.23. The lowest BCUT2D eigenvalue weighted by molar-refractivity contribution is -0.119. The molecule has 1 saturated heterocycles. The molecule has 1 aliphatic heterocycles. The van der Waals surface area contributed by atoms with Crippen LogP contribution in [0.15, 0.2) is 63.8 Å². The van der Waals surface area contributed by atoms with Gasteiger partial charge in [0.25, 0.3) is 5.91 Å². The molecule has 0 aliphatic carbocycles. The van der Waals surface area contributed by atoms with Gasteiger partial charge in [0.15, 0.2) is 0 Å². The van der Waals surface area contributed by atoms with Crippen LogP contribution in [0.5, 0.6) is 0 Å². The van der Waals surface area contributed by atoms with Crippen molar-refractivity contribution in [1.29, 1.82) is 0 Å². The van der Waals surface area contributed by atoms with Gasteiger partial charge in [-0.2, -0.15) is 0 Å². The third-order valence-corrected chi connectivity index (χ3v) is 5.45. The normalized spacial score (nSPS) is 16.1. The molecule has 1 aliphatic rings. The Kier molecular flexibility index (Phi) is 5.40. The van der Waals surface area contributed by atoms with Crippen molar-refractivity contribution in [2.24, 2.45) is 0 Å². The van der Waals surface area contributed by atoms with E-state index in [0.29, 0.717) is 35.2 Å². The predicted molar refractivity (Wildman–Crippen MR) is 115 cm³/mol. The third kappa shape index (κ3) is 3.99. The number of fused-ring (bicyclic) bond motifs is 1. The topological polar surface area (TPSA) is 79.6 Å². The highest BCUT2D eigenvalue weighted by atomic mass is 16.4. The van der Waals surface area contributed by atoms with E-state index in [0.717, 1.165) is 11.8 Å². The van der Waals surface area contributed by atoms with Gasteiger partial charge in [-0.15, -0.1) is 0 Å². The summed E-state index contributed by atoms with van der Waals surface area (Å²) < 4.78 is 5.44. The van der Waals surface area contributed by atoms with Gasteiger partial charge in [0, 0.05) is 36.0 Å². The average Bonchev–Trinajstić information content (AvgIpc) is 3.15. The Morgan fingerprint density at radius 2 is 1.93 bits per heavy atom. The number of nitrogens with zero attached hydrogens (tertiary/aromatic N) is 1. The minimum Gasteiger partial charge on any atom is -0.422 e. The highest BCUT2D eigenvalue weighted by Gasteiger charge is 2.27. The summed E-state index contributed by atoms with van der Waals surface area (Å²) in [5.74, 6) is -0.0978. The lowest BCUT2D eigenvalue weighted by Crippen LogP contribution is -2.45. The van der Waals surface area contributed by atoms with Crippen LogP contribution in [0, 0.1) is 0 Å². The van der Waals surface area contributed by atoms with E-state index in [4.69, 9.17) is 4.42 Å². The van der Waals surface area contributed by atoms with E-state index < -0.39 is 5.63 Å². The molecule has 30 heavy (non-hydrogen) atoms. The fourth-order valence-corrected chi connectivity index (χ4v) is 3.83. The van der Waals surface area contributed by atoms with Crippen molar-refractivity contribution in [2.75, 3.05) is 6.54 Å². The van der Waals surface area contributed by atoms with Gasteiger partial charge in [-0.25, -0.2) is 4.79 Å². The first-order valence-corrected chi connectivity index (χ1v) is 10.2. The molecule has 1 N–H and O–H groups in total. The van der Waals surface area contributed by atoms with Crippen molar-refractivity contribution >= 4 is 22.8 Å². The maximum atomic E-state index is 13.2. The minimum atomic E-state index is -0.437. The third-order valence-electron chi connectivity index (χ3n) is 5.45. The predicted octanol–water partition coefficient (Wildman–Crippen LogP) is 3.59. The number of benzene rings is 2. The van der Waals surface area contributed by atoms with Crippen LogP contribution in [0.3, 0.4) is 0 Å². The molecule has 2 heterocycles. The van der Waals surface area contributed by atoms with Crippen LogP contribution in [-0.4, -0.2) is 35.3 Å². The van der Waals surface area contributed by atoms with E-state index in [1.54, 1.807) is 41.3 Å². The van der Waals surface area contributed by atoms with Gasteiger partial charge in [-0.05, 0) is 50.1 Å². The summed E-state index contributed by atoms with van der Waals surface area (Å²) in [6.07, 6.45) is 1.23. The van der Waals surface area contributed by atoms with Crippen molar-refractivity contribution in [3.05, 3.63) is 70.6 Å². The number of hydrogen-bond acceptors (Lipinski definition) is 4. The van der Waals surface area contributed by atoms with Gasteiger partial charge < -0.3 is 14.6 Å². The van der Waals surface area contributed by atoms with Crippen LogP contribution in [0.25, 0.3) is 22.1 Å². The fourth-order valence-electron chi connectivity index (χ4n) is 3.83. The fraction of sp³-hybridized carbons (Fsp3) is 0.292. The molecule has 0 spiro atoms. The Bertz CT molecular complexity index is 1170. The molecular formula is C24H24N2O4.